The van der Waals surface area contributed by atoms with Crippen LogP contribution in [0.5, 0.6) is 0 Å². The maximum Gasteiger partial charge on any atom is 0.287 e. The average molecular weight is 387 g/mol. The molecular formula is C23H21N3O3. The third-order valence-electron chi connectivity index (χ3n) is 4.78. The number of hydrogen-bond donors (Lipinski definition) is 3. The number of fused-ring (bicyclic) bond motifs is 1. The van der Waals surface area contributed by atoms with Crippen molar-refractivity contribution in [3.05, 3.63) is 90.0 Å². The van der Waals surface area contributed by atoms with Gasteiger partial charge in [-0.2, -0.15) is 0 Å². The Morgan fingerprint density at radius 3 is 2.59 bits per heavy atom. The number of amides is 2. The summed E-state index contributed by atoms with van der Waals surface area (Å²) >= 11 is 0. The van der Waals surface area contributed by atoms with Crippen LogP contribution in [0, 0.1) is 6.92 Å². The second-order valence-electron chi connectivity index (χ2n) is 6.92. The van der Waals surface area contributed by atoms with Crippen molar-refractivity contribution in [2.24, 2.45) is 0 Å². The summed E-state index contributed by atoms with van der Waals surface area (Å²) in [6, 6.07) is 17.8. The summed E-state index contributed by atoms with van der Waals surface area (Å²) in [5.74, 6) is -0.560. The van der Waals surface area contributed by atoms with Gasteiger partial charge in [0.05, 0.1) is 6.26 Å². The lowest BCUT2D eigenvalue weighted by molar-refractivity contribution is -0.118. The number of carbonyl (C=O) groups excluding carboxylic acids is 2. The first-order valence-electron chi connectivity index (χ1n) is 9.37. The zero-order valence-corrected chi connectivity index (χ0v) is 15.9. The molecule has 0 radical (unpaired) electrons. The van der Waals surface area contributed by atoms with E-state index in [1.807, 2.05) is 61.7 Å². The first kappa shape index (κ1) is 18.6. The Balaban J connectivity index is 1.58. The summed E-state index contributed by atoms with van der Waals surface area (Å²) in [7, 11) is 0. The predicted molar refractivity (Wildman–Crippen MR) is 112 cm³/mol. The second kappa shape index (κ2) is 8.06. The van der Waals surface area contributed by atoms with E-state index in [4.69, 9.17) is 4.42 Å². The molecule has 1 atom stereocenters. The molecule has 2 aromatic carbocycles. The van der Waals surface area contributed by atoms with Crippen LogP contribution in [0.4, 0.5) is 5.69 Å². The largest absolute Gasteiger partial charge is 0.459 e. The van der Waals surface area contributed by atoms with Crippen molar-refractivity contribution >= 4 is 28.4 Å². The number of aryl methyl sites for hydroxylation is 1. The number of H-pyrrole nitrogens is 1. The number of benzene rings is 2. The lowest BCUT2D eigenvalue weighted by Crippen LogP contribution is -2.45. The van der Waals surface area contributed by atoms with Crippen molar-refractivity contribution in [1.82, 2.24) is 10.3 Å². The van der Waals surface area contributed by atoms with Crippen LogP contribution in [0.2, 0.25) is 0 Å². The van der Waals surface area contributed by atoms with E-state index in [0.29, 0.717) is 12.1 Å². The maximum absolute atomic E-state index is 13.0. The molecule has 0 aliphatic carbocycles. The molecule has 0 aliphatic rings. The smallest absolute Gasteiger partial charge is 0.287 e. The molecule has 2 amide bonds. The van der Waals surface area contributed by atoms with Crippen LogP contribution in [0.3, 0.4) is 0 Å². The van der Waals surface area contributed by atoms with Crippen LogP contribution < -0.4 is 10.6 Å². The van der Waals surface area contributed by atoms with Gasteiger partial charge in [0.25, 0.3) is 5.91 Å². The molecule has 0 saturated carbocycles. The van der Waals surface area contributed by atoms with Crippen molar-refractivity contribution in [3.63, 3.8) is 0 Å². The minimum atomic E-state index is -0.770. The van der Waals surface area contributed by atoms with E-state index in [1.54, 1.807) is 12.1 Å². The molecule has 146 valence electrons. The molecule has 3 N–H and O–H groups in total. The molecule has 2 aromatic heterocycles. The number of aromatic amines is 1. The highest BCUT2D eigenvalue weighted by Crippen LogP contribution is 2.20. The number of nitrogens with one attached hydrogen (secondary N) is 3. The van der Waals surface area contributed by atoms with Gasteiger partial charge in [-0.3, -0.25) is 9.59 Å². The van der Waals surface area contributed by atoms with Gasteiger partial charge in [-0.25, -0.2) is 0 Å². The molecular weight excluding hydrogens is 366 g/mol. The summed E-state index contributed by atoms with van der Waals surface area (Å²) in [6.07, 6.45) is 3.64. The standard InChI is InChI=1S/C23H21N3O3/c1-15-8-10-17(11-9-15)25-22(27)20(26-23(28)21-7-4-12-29-21)13-16-14-24-19-6-3-2-5-18(16)19/h2-12,14,20,24H,13H2,1H3,(H,25,27)(H,26,28)/t20-/m1/s1. The Morgan fingerprint density at radius 1 is 1.03 bits per heavy atom. The van der Waals surface area contributed by atoms with Crippen molar-refractivity contribution in [3.8, 4) is 0 Å². The van der Waals surface area contributed by atoms with E-state index in [9.17, 15) is 9.59 Å². The summed E-state index contributed by atoms with van der Waals surface area (Å²) in [5.41, 5.74) is 3.71. The van der Waals surface area contributed by atoms with E-state index in [0.717, 1.165) is 22.0 Å². The number of furan rings is 1. The maximum atomic E-state index is 13.0. The zero-order valence-electron chi connectivity index (χ0n) is 15.9. The highest BCUT2D eigenvalue weighted by Gasteiger charge is 2.24. The van der Waals surface area contributed by atoms with Crippen molar-refractivity contribution in [1.29, 1.82) is 0 Å². The summed E-state index contributed by atoms with van der Waals surface area (Å²) in [4.78, 5) is 28.7. The lowest BCUT2D eigenvalue weighted by atomic mass is 10.0. The minimum absolute atomic E-state index is 0.164. The molecule has 0 spiro atoms. The molecule has 0 unspecified atom stereocenters. The third kappa shape index (κ3) is 4.21. The third-order valence-corrected chi connectivity index (χ3v) is 4.78. The molecule has 2 heterocycles. The van der Waals surface area contributed by atoms with Crippen LogP contribution in [-0.2, 0) is 11.2 Å². The topological polar surface area (TPSA) is 87.1 Å². The molecule has 0 saturated heterocycles. The Hall–Kier alpha value is -3.80. The van der Waals surface area contributed by atoms with Crippen molar-refractivity contribution < 1.29 is 14.0 Å². The molecule has 4 aromatic rings. The van der Waals surface area contributed by atoms with Gasteiger partial charge < -0.3 is 20.0 Å². The normalized spacial score (nSPS) is 11.9. The molecule has 4 rings (SSSR count). The molecule has 0 aliphatic heterocycles. The number of hydrogen-bond acceptors (Lipinski definition) is 3. The van der Waals surface area contributed by atoms with Gasteiger partial charge in [0, 0.05) is 29.2 Å². The highest BCUT2D eigenvalue weighted by molar-refractivity contribution is 6.00. The minimum Gasteiger partial charge on any atom is -0.459 e. The fourth-order valence-electron chi connectivity index (χ4n) is 3.23. The Bertz CT molecular complexity index is 1130. The summed E-state index contributed by atoms with van der Waals surface area (Å²) < 4.78 is 5.16. The number of rotatable bonds is 6. The van der Waals surface area contributed by atoms with E-state index in [1.165, 1.54) is 6.26 Å². The molecule has 6 heteroatoms. The highest BCUT2D eigenvalue weighted by atomic mass is 16.3. The molecule has 29 heavy (non-hydrogen) atoms. The second-order valence-corrected chi connectivity index (χ2v) is 6.92. The van der Waals surface area contributed by atoms with Gasteiger partial charge in [0.15, 0.2) is 5.76 Å². The molecule has 0 bridgehead atoms. The van der Waals surface area contributed by atoms with Crippen molar-refractivity contribution in [2.75, 3.05) is 5.32 Å². The van der Waals surface area contributed by atoms with E-state index in [-0.39, 0.29) is 11.7 Å². The monoisotopic (exact) mass is 387 g/mol. The Kier molecular flexibility index (Phi) is 5.16. The van der Waals surface area contributed by atoms with Gasteiger partial charge in [-0.1, -0.05) is 35.9 Å². The van der Waals surface area contributed by atoms with Crippen LogP contribution in [-0.4, -0.2) is 22.8 Å². The van der Waals surface area contributed by atoms with E-state index in [2.05, 4.69) is 15.6 Å². The number of aromatic nitrogens is 1. The van der Waals surface area contributed by atoms with E-state index < -0.39 is 11.9 Å². The lowest BCUT2D eigenvalue weighted by Gasteiger charge is -2.18. The summed E-state index contributed by atoms with van der Waals surface area (Å²) in [5, 5.41) is 6.70. The first-order valence-corrected chi connectivity index (χ1v) is 9.37. The quantitative estimate of drug-likeness (QED) is 0.466. The van der Waals surface area contributed by atoms with Crippen LogP contribution in [0.1, 0.15) is 21.7 Å². The fourth-order valence-corrected chi connectivity index (χ4v) is 3.23. The number of para-hydroxylation sites is 1. The van der Waals surface area contributed by atoms with E-state index >= 15 is 0 Å². The zero-order chi connectivity index (χ0) is 20.2. The Morgan fingerprint density at radius 2 is 1.83 bits per heavy atom. The van der Waals surface area contributed by atoms with Gasteiger partial charge in [-0.15, -0.1) is 0 Å². The van der Waals surface area contributed by atoms with Gasteiger partial charge in [0.1, 0.15) is 6.04 Å². The van der Waals surface area contributed by atoms with Crippen LogP contribution >= 0.6 is 0 Å². The Labute approximate surface area is 167 Å². The van der Waals surface area contributed by atoms with Crippen LogP contribution in [0.25, 0.3) is 10.9 Å². The molecule has 6 nitrogen and oxygen atoms in total. The van der Waals surface area contributed by atoms with Gasteiger partial charge in [-0.05, 0) is 42.8 Å². The number of anilines is 1. The fraction of sp³-hybridized carbons (Fsp3) is 0.130. The first-order chi connectivity index (χ1) is 14.1. The SMILES string of the molecule is Cc1ccc(NC(=O)[C@@H](Cc2c[nH]c3ccccc23)NC(=O)c2ccco2)cc1. The number of carbonyl (C=O) groups is 2. The van der Waals surface area contributed by atoms with Gasteiger partial charge in [0.2, 0.25) is 5.91 Å². The van der Waals surface area contributed by atoms with Crippen molar-refractivity contribution in [2.45, 2.75) is 19.4 Å². The predicted octanol–water partition coefficient (Wildman–Crippen LogP) is 4.05. The van der Waals surface area contributed by atoms with Crippen LogP contribution in [0.15, 0.2) is 77.5 Å². The van der Waals surface area contributed by atoms with Gasteiger partial charge >= 0.3 is 0 Å². The average Bonchev–Trinajstić information content (AvgIpc) is 3.40. The summed E-state index contributed by atoms with van der Waals surface area (Å²) in [6.45, 7) is 1.98. The molecule has 0 fully saturated rings.